The van der Waals surface area contributed by atoms with E-state index in [9.17, 15) is 9.59 Å². The second kappa shape index (κ2) is 6.96. The van der Waals surface area contributed by atoms with Gasteiger partial charge in [-0.05, 0) is 24.1 Å². The first-order valence-electron chi connectivity index (χ1n) is 8.18. The number of rotatable bonds is 4. The zero-order valence-corrected chi connectivity index (χ0v) is 14.6. The van der Waals surface area contributed by atoms with E-state index in [4.69, 9.17) is 4.74 Å². The van der Waals surface area contributed by atoms with Crippen LogP contribution >= 0.6 is 0 Å². The van der Waals surface area contributed by atoms with Gasteiger partial charge in [-0.3, -0.25) is 14.3 Å². The van der Waals surface area contributed by atoms with Crippen molar-refractivity contribution in [3.63, 3.8) is 0 Å². The van der Waals surface area contributed by atoms with Crippen molar-refractivity contribution in [2.45, 2.75) is 18.9 Å². The van der Waals surface area contributed by atoms with Crippen LogP contribution in [0.2, 0.25) is 0 Å². The molecule has 0 unspecified atom stereocenters. The molecule has 1 aromatic carbocycles. The van der Waals surface area contributed by atoms with Crippen LogP contribution in [0.25, 0.3) is 0 Å². The largest absolute Gasteiger partial charge is 0.497 e. The number of ether oxygens (including phenoxy) is 1. The molecule has 7 heteroatoms. The number of nitrogens with zero attached hydrogens (tertiary/aromatic N) is 3. The molecule has 0 spiro atoms. The predicted octanol–water partition coefficient (Wildman–Crippen LogP) is 1.98. The topological polar surface area (TPSA) is 76.5 Å². The molecule has 0 bridgehead atoms. The number of benzene rings is 1. The van der Waals surface area contributed by atoms with Crippen LogP contribution < -0.4 is 10.1 Å². The summed E-state index contributed by atoms with van der Waals surface area (Å²) in [5, 5.41) is 6.97. The fourth-order valence-corrected chi connectivity index (χ4v) is 3.29. The molecule has 0 radical (unpaired) electrons. The molecular formula is C18H22N4O3. The van der Waals surface area contributed by atoms with E-state index in [1.54, 1.807) is 43.2 Å². The van der Waals surface area contributed by atoms with Crippen molar-refractivity contribution in [2.24, 2.45) is 13.0 Å². The summed E-state index contributed by atoms with van der Waals surface area (Å²) in [6.45, 7) is 0. The number of nitrogens with one attached hydrogen (secondary N) is 1. The first-order chi connectivity index (χ1) is 12.0. The molecule has 2 heterocycles. The van der Waals surface area contributed by atoms with E-state index in [0.29, 0.717) is 18.5 Å². The van der Waals surface area contributed by atoms with E-state index in [2.05, 4.69) is 10.4 Å². The van der Waals surface area contributed by atoms with Gasteiger partial charge in [0.25, 0.3) is 0 Å². The number of anilines is 1. The minimum Gasteiger partial charge on any atom is -0.497 e. The molecule has 1 saturated heterocycles. The Kier molecular flexibility index (Phi) is 4.74. The van der Waals surface area contributed by atoms with Gasteiger partial charge in [0.1, 0.15) is 5.75 Å². The van der Waals surface area contributed by atoms with Crippen LogP contribution in [0.3, 0.4) is 0 Å². The van der Waals surface area contributed by atoms with Gasteiger partial charge in [0, 0.05) is 26.7 Å². The summed E-state index contributed by atoms with van der Waals surface area (Å²) in [7, 11) is 5.15. The Morgan fingerprint density at radius 3 is 2.60 bits per heavy atom. The molecule has 1 aliphatic rings. The Labute approximate surface area is 146 Å². The van der Waals surface area contributed by atoms with Crippen LogP contribution in [0.1, 0.15) is 24.4 Å². The maximum Gasteiger partial charge on any atom is 0.230 e. The van der Waals surface area contributed by atoms with Gasteiger partial charge in [-0.15, -0.1) is 0 Å². The summed E-state index contributed by atoms with van der Waals surface area (Å²) in [5.41, 5.74) is 1.57. The third-order valence-electron chi connectivity index (χ3n) is 4.63. The Hall–Kier alpha value is -2.83. The van der Waals surface area contributed by atoms with Crippen molar-refractivity contribution in [3.8, 4) is 5.75 Å². The Morgan fingerprint density at radius 1 is 1.28 bits per heavy atom. The van der Waals surface area contributed by atoms with Gasteiger partial charge in [-0.25, -0.2) is 0 Å². The lowest BCUT2D eigenvalue weighted by molar-refractivity contribution is -0.140. The van der Waals surface area contributed by atoms with E-state index in [1.807, 2.05) is 24.3 Å². The zero-order valence-electron chi connectivity index (χ0n) is 14.6. The Bertz CT molecular complexity index is 769. The summed E-state index contributed by atoms with van der Waals surface area (Å²) in [4.78, 5) is 26.7. The number of hydrogen-bond donors (Lipinski definition) is 1. The third kappa shape index (κ3) is 3.50. The van der Waals surface area contributed by atoms with Gasteiger partial charge >= 0.3 is 0 Å². The van der Waals surface area contributed by atoms with Gasteiger partial charge in [-0.1, -0.05) is 12.1 Å². The van der Waals surface area contributed by atoms with Crippen molar-refractivity contribution in [2.75, 3.05) is 19.5 Å². The van der Waals surface area contributed by atoms with Gasteiger partial charge in [0.05, 0.1) is 31.0 Å². The second-order valence-electron chi connectivity index (χ2n) is 6.26. The molecule has 1 aliphatic heterocycles. The fraction of sp³-hybridized carbons (Fsp3) is 0.389. The average molecular weight is 342 g/mol. The number of carbonyl (C=O) groups excluding carboxylic acids is 2. The minimum atomic E-state index is -0.323. The predicted molar refractivity (Wildman–Crippen MR) is 93.1 cm³/mol. The fourth-order valence-electron chi connectivity index (χ4n) is 3.29. The van der Waals surface area contributed by atoms with Crippen LogP contribution in [0.4, 0.5) is 5.69 Å². The molecule has 1 aromatic heterocycles. The third-order valence-corrected chi connectivity index (χ3v) is 4.63. The number of hydrogen-bond acceptors (Lipinski definition) is 4. The lowest BCUT2D eigenvalue weighted by atomic mass is 9.84. The molecule has 25 heavy (non-hydrogen) atoms. The molecular weight excluding hydrogens is 320 g/mol. The highest BCUT2D eigenvalue weighted by Crippen LogP contribution is 2.37. The van der Waals surface area contributed by atoms with Crippen LogP contribution in [0.5, 0.6) is 5.75 Å². The van der Waals surface area contributed by atoms with Gasteiger partial charge in [0.2, 0.25) is 11.8 Å². The standard InChI is InChI=1S/C18H22N4O3/c1-21-11-13(10-19-21)20-18(24)15-8-9-16(23)22(2)17(15)12-4-6-14(25-3)7-5-12/h4-7,10-11,15,17H,8-9H2,1-3H3,(H,20,24)/t15-,17+/m0/s1. The van der Waals surface area contributed by atoms with Crippen LogP contribution in [-0.2, 0) is 16.6 Å². The van der Waals surface area contributed by atoms with E-state index >= 15 is 0 Å². The molecule has 2 aromatic rings. The smallest absolute Gasteiger partial charge is 0.230 e. The van der Waals surface area contributed by atoms with Crippen molar-refractivity contribution in [1.82, 2.24) is 14.7 Å². The van der Waals surface area contributed by atoms with Crippen molar-refractivity contribution < 1.29 is 14.3 Å². The van der Waals surface area contributed by atoms with Crippen LogP contribution in [0.15, 0.2) is 36.7 Å². The summed E-state index contributed by atoms with van der Waals surface area (Å²) in [6, 6.07) is 7.20. The van der Waals surface area contributed by atoms with Crippen molar-refractivity contribution in [3.05, 3.63) is 42.2 Å². The summed E-state index contributed by atoms with van der Waals surface area (Å²) >= 11 is 0. The monoisotopic (exact) mass is 342 g/mol. The minimum absolute atomic E-state index is 0.0474. The normalized spacial score (nSPS) is 20.4. The van der Waals surface area contributed by atoms with E-state index < -0.39 is 0 Å². The quantitative estimate of drug-likeness (QED) is 0.922. The second-order valence-corrected chi connectivity index (χ2v) is 6.26. The first kappa shape index (κ1) is 17.0. The zero-order chi connectivity index (χ0) is 18.0. The highest BCUT2D eigenvalue weighted by atomic mass is 16.5. The van der Waals surface area contributed by atoms with E-state index in [-0.39, 0.29) is 23.8 Å². The molecule has 0 saturated carbocycles. The first-order valence-corrected chi connectivity index (χ1v) is 8.18. The van der Waals surface area contributed by atoms with Crippen LogP contribution in [-0.4, -0.2) is 40.7 Å². The highest BCUT2D eigenvalue weighted by molar-refractivity contribution is 5.94. The number of piperidine rings is 1. The van der Waals surface area contributed by atoms with Crippen molar-refractivity contribution in [1.29, 1.82) is 0 Å². The molecule has 132 valence electrons. The van der Waals surface area contributed by atoms with Gasteiger partial charge < -0.3 is 15.0 Å². The Morgan fingerprint density at radius 2 is 2.00 bits per heavy atom. The molecule has 1 N–H and O–H groups in total. The lowest BCUT2D eigenvalue weighted by Crippen LogP contribution is -2.44. The van der Waals surface area contributed by atoms with E-state index in [0.717, 1.165) is 11.3 Å². The summed E-state index contributed by atoms with van der Waals surface area (Å²) < 4.78 is 6.82. The Balaban J connectivity index is 1.86. The summed E-state index contributed by atoms with van der Waals surface area (Å²) in [6.07, 6.45) is 4.25. The number of aromatic nitrogens is 2. The number of aryl methyl sites for hydroxylation is 1. The molecule has 7 nitrogen and oxygen atoms in total. The van der Waals surface area contributed by atoms with Crippen molar-refractivity contribution >= 4 is 17.5 Å². The molecule has 3 rings (SSSR count). The highest BCUT2D eigenvalue weighted by Gasteiger charge is 2.38. The maximum atomic E-state index is 12.8. The molecule has 1 fully saturated rings. The van der Waals surface area contributed by atoms with Gasteiger partial charge in [-0.2, -0.15) is 5.10 Å². The summed E-state index contributed by atoms with van der Waals surface area (Å²) in [5.74, 6) is 0.362. The lowest BCUT2D eigenvalue weighted by Gasteiger charge is -2.38. The average Bonchev–Trinajstić information content (AvgIpc) is 3.02. The SMILES string of the molecule is COc1ccc([C@@H]2[C@@H](C(=O)Nc3cnn(C)c3)CCC(=O)N2C)cc1. The van der Waals surface area contributed by atoms with Crippen LogP contribution in [0, 0.1) is 5.92 Å². The number of amides is 2. The number of methoxy groups -OCH3 is 1. The molecule has 2 atom stereocenters. The molecule has 2 amide bonds. The maximum absolute atomic E-state index is 12.8. The van der Waals surface area contributed by atoms with Gasteiger partial charge in [0.15, 0.2) is 0 Å². The number of carbonyl (C=O) groups is 2. The number of likely N-dealkylation sites (tertiary alicyclic amines) is 1. The van der Waals surface area contributed by atoms with E-state index in [1.165, 1.54) is 0 Å². The molecule has 0 aliphatic carbocycles.